The first-order valence-corrected chi connectivity index (χ1v) is 14.0. The van der Waals surface area contributed by atoms with Gasteiger partial charge in [-0.2, -0.15) is 30.0 Å². The van der Waals surface area contributed by atoms with Crippen LogP contribution in [0.25, 0.3) is 0 Å². The molecule has 4 unspecified atom stereocenters. The average Bonchev–Trinajstić information content (AvgIpc) is 2.71. The van der Waals surface area contributed by atoms with Gasteiger partial charge in [0.2, 0.25) is 0 Å². The predicted octanol–water partition coefficient (Wildman–Crippen LogP) is -4.53. The van der Waals surface area contributed by atoms with Crippen molar-refractivity contribution in [3.63, 3.8) is 0 Å². The van der Waals surface area contributed by atoms with Crippen LogP contribution in [0.1, 0.15) is 6.92 Å². The van der Waals surface area contributed by atoms with Crippen LogP contribution in [0.2, 0.25) is 0 Å². The van der Waals surface area contributed by atoms with Gasteiger partial charge in [-0.1, -0.05) is 0 Å². The van der Waals surface area contributed by atoms with E-state index in [0.29, 0.717) is 0 Å². The van der Waals surface area contributed by atoms with Gasteiger partial charge in [-0.3, -0.25) is 13.7 Å². The van der Waals surface area contributed by atoms with E-state index in [4.69, 9.17) is 32.6 Å². The summed E-state index contributed by atoms with van der Waals surface area (Å²) in [5, 5.41) is 30.7. The summed E-state index contributed by atoms with van der Waals surface area (Å²) in [5.74, 6) is -1.75. The van der Waals surface area contributed by atoms with E-state index >= 15 is 0 Å². The molecule has 0 amide bonds. The minimum absolute atomic E-state index is 0.924. The number of carboxylic acid groups (broad SMARTS) is 1. The topological polar surface area (TPSA) is 308 Å². The first kappa shape index (κ1) is 32.1. The lowest BCUT2D eigenvalue weighted by molar-refractivity contribution is -0.327. The van der Waals surface area contributed by atoms with Crippen LogP contribution in [0.3, 0.4) is 0 Å². The Kier molecular flexibility index (Phi) is 10.3. The fourth-order valence-corrected chi connectivity index (χ4v) is 5.19. The zero-order valence-corrected chi connectivity index (χ0v) is 21.1. The number of rotatable bonds is 11. The van der Waals surface area contributed by atoms with Gasteiger partial charge in [0.1, 0.15) is 30.5 Å². The van der Waals surface area contributed by atoms with Crippen LogP contribution in [0.5, 0.6) is 0 Å². The number of aliphatic hydroxyl groups is 2. The van der Waals surface area contributed by atoms with Gasteiger partial charge in [0.15, 0.2) is 18.5 Å². The molecular weight excluding hydrogens is 582 g/mol. The number of nitrogens with one attached hydrogen (secondary N) is 1. The highest BCUT2D eigenvalue weighted by molar-refractivity contribution is 7.83. The smallest absolute Gasteiger partial charge is 0.397 e. The number of carboxylic acids is 1. The Balaban J connectivity index is 2.49. The van der Waals surface area contributed by atoms with E-state index in [-0.39, 0.29) is 0 Å². The maximum absolute atomic E-state index is 11.6. The van der Waals surface area contributed by atoms with Crippen molar-refractivity contribution < 1.29 is 86.3 Å². The number of ether oxygens (including phenoxy) is 4. The Morgan fingerprint density at radius 3 is 1.97 bits per heavy atom. The van der Waals surface area contributed by atoms with Crippen molar-refractivity contribution in [2.75, 3.05) is 13.7 Å². The Morgan fingerprint density at radius 1 is 0.919 bits per heavy atom. The maximum Gasteiger partial charge on any atom is 0.397 e. The lowest BCUT2D eigenvalue weighted by Gasteiger charge is -2.47. The molecule has 0 spiro atoms. The summed E-state index contributed by atoms with van der Waals surface area (Å²) in [6.07, 6.45) is -17.8. The van der Waals surface area contributed by atoms with E-state index in [1.807, 2.05) is 0 Å². The van der Waals surface area contributed by atoms with Gasteiger partial charge in [0, 0.05) is 7.11 Å². The lowest BCUT2D eigenvalue weighted by Crippen LogP contribution is -2.67. The van der Waals surface area contributed by atoms with E-state index in [9.17, 15) is 45.4 Å². The number of hydrogen-bond donors (Lipinski definition) is 7. The van der Waals surface area contributed by atoms with Crippen molar-refractivity contribution in [2.24, 2.45) is 0 Å². The third-order valence-corrected chi connectivity index (χ3v) is 6.66. The standard InChI is InChI=1S/C14H25NO19S3/c1-4-6(15-35(20,21)22)7(16)9(5(31-4)3-30-36(23,24)25)32-14-11(34-37(26,27)28)8(17)10(29-2)12(33-14)13(18)19/h4-12,14-17H,3H2,1-2H3,(H,18,19)(H,20,21,22)(H,23,24,25)(H,26,27,28)/t4-,5?,6?,7+,8?,9-,10+,11-,12?,14+/m0/s1. The maximum atomic E-state index is 11.6. The molecule has 2 aliphatic rings. The fraction of sp³-hybridized carbons (Fsp3) is 0.929. The van der Waals surface area contributed by atoms with Crippen LogP contribution >= 0.6 is 0 Å². The van der Waals surface area contributed by atoms with E-state index in [1.165, 1.54) is 0 Å². The molecule has 10 atom stereocenters. The molecule has 37 heavy (non-hydrogen) atoms. The Labute approximate surface area is 210 Å². The second-order valence-corrected chi connectivity index (χ2v) is 11.1. The third kappa shape index (κ3) is 8.94. The molecule has 20 nitrogen and oxygen atoms in total. The average molecular weight is 608 g/mol. The molecule has 0 bridgehead atoms. The summed E-state index contributed by atoms with van der Waals surface area (Å²) in [4.78, 5) is 11.6. The molecular formula is C14H25NO19S3. The second kappa shape index (κ2) is 11.9. The highest BCUT2D eigenvalue weighted by Gasteiger charge is 2.54. The SMILES string of the molecule is CO[C@H]1C(C(=O)O)O[C@@H](O[C@H]2C(COS(=O)(=O)O)O[C@@H](C)C(NS(=O)(=O)O)[C@H]2O)[C@@H](OS(=O)(=O)O)C1O. The number of carbonyl (C=O) groups is 1. The molecule has 0 aliphatic carbocycles. The van der Waals surface area contributed by atoms with E-state index in [1.54, 1.807) is 4.72 Å². The van der Waals surface area contributed by atoms with Gasteiger partial charge in [0.05, 0.1) is 18.8 Å². The van der Waals surface area contributed by atoms with Crippen LogP contribution in [0.4, 0.5) is 0 Å². The van der Waals surface area contributed by atoms with Crippen molar-refractivity contribution in [1.82, 2.24) is 4.72 Å². The van der Waals surface area contributed by atoms with E-state index in [0.717, 1.165) is 14.0 Å². The van der Waals surface area contributed by atoms with Gasteiger partial charge in [-0.15, -0.1) is 0 Å². The summed E-state index contributed by atoms with van der Waals surface area (Å²) >= 11 is 0. The van der Waals surface area contributed by atoms with Crippen LogP contribution in [0.15, 0.2) is 0 Å². The van der Waals surface area contributed by atoms with Crippen molar-refractivity contribution in [2.45, 2.75) is 68.1 Å². The molecule has 2 fully saturated rings. The molecule has 2 heterocycles. The fourth-order valence-electron chi connectivity index (χ4n) is 3.73. The summed E-state index contributed by atoms with van der Waals surface area (Å²) in [5.41, 5.74) is 0. The van der Waals surface area contributed by atoms with E-state index in [2.05, 4.69) is 8.37 Å². The molecule has 0 aromatic carbocycles. The Bertz CT molecular complexity index is 1120. The quantitative estimate of drug-likeness (QED) is 0.109. The minimum Gasteiger partial charge on any atom is -0.479 e. The predicted molar refractivity (Wildman–Crippen MR) is 111 cm³/mol. The van der Waals surface area contributed by atoms with Gasteiger partial charge >= 0.3 is 37.1 Å². The van der Waals surface area contributed by atoms with Crippen LogP contribution < -0.4 is 4.72 Å². The highest BCUT2D eigenvalue weighted by Crippen LogP contribution is 2.32. The molecule has 218 valence electrons. The zero-order valence-electron chi connectivity index (χ0n) is 18.7. The Hall–Kier alpha value is -1.16. The number of aliphatic hydroxyl groups excluding tert-OH is 2. The van der Waals surface area contributed by atoms with Gasteiger partial charge in [-0.05, 0) is 6.92 Å². The van der Waals surface area contributed by atoms with Crippen LogP contribution in [-0.4, -0.2) is 135 Å². The molecule has 0 aromatic rings. The molecule has 2 aliphatic heterocycles. The van der Waals surface area contributed by atoms with Gasteiger partial charge in [0.25, 0.3) is 0 Å². The van der Waals surface area contributed by atoms with Crippen LogP contribution in [0, 0.1) is 0 Å². The molecule has 0 radical (unpaired) electrons. The van der Waals surface area contributed by atoms with Crippen molar-refractivity contribution in [1.29, 1.82) is 0 Å². The highest BCUT2D eigenvalue weighted by atomic mass is 32.3. The first-order chi connectivity index (χ1) is 16.7. The number of methoxy groups -OCH3 is 1. The minimum atomic E-state index is -5.38. The summed E-state index contributed by atoms with van der Waals surface area (Å²) < 4.78 is 125. The van der Waals surface area contributed by atoms with Crippen molar-refractivity contribution in [3.05, 3.63) is 0 Å². The molecule has 2 saturated heterocycles. The van der Waals surface area contributed by atoms with Crippen molar-refractivity contribution in [3.8, 4) is 0 Å². The Morgan fingerprint density at radius 2 is 1.51 bits per heavy atom. The normalized spacial score (nSPS) is 37.8. The molecule has 23 heteroatoms. The lowest BCUT2D eigenvalue weighted by atomic mass is 9.93. The zero-order chi connectivity index (χ0) is 28.5. The first-order valence-electron chi connectivity index (χ1n) is 9.84. The van der Waals surface area contributed by atoms with Crippen molar-refractivity contribution >= 4 is 37.1 Å². The molecule has 0 aromatic heterocycles. The molecule has 2 rings (SSSR count). The monoisotopic (exact) mass is 607 g/mol. The number of aliphatic carboxylic acids is 1. The van der Waals surface area contributed by atoms with Gasteiger partial charge < -0.3 is 34.3 Å². The van der Waals surface area contributed by atoms with Gasteiger partial charge in [-0.25, -0.2) is 13.2 Å². The van der Waals surface area contributed by atoms with Crippen LogP contribution in [-0.2, 0) is 63.2 Å². The molecule has 7 N–H and O–H groups in total. The summed E-state index contributed by atoms with van der Waals surface area (Å²) in [6, 6.07) is -1.72. The largest absolute Gasteiger partial charge is 0.479 e. The number of hydrogen-bond acceptors (Lipinski definition) is 15. The second-order valence-electron chi connectivity index (χ2n) is 7.74. The summed E-state index contributed by atoms with van der Waals surface area (Å²) in [7, 11) is -14.5. The van der Waals surface area contributed by atoms with E-state index < -0.39 is 105 Å². The molecule has 0 saturated carbocycles. The summed E-state index contributed by atoms with van der Waals surface area (Å²) in [6.45, 7) is 0.0587. The third-order valence-electron chi connectivity index (χ3n) is 5.19.